The number of hydrogen-bond donors (Lipinski definition) is 3. The second-order valence-corrected chi connectivity index (χ2v) is 8.98. The van der Waals surface area contributed by atoms with Gasteiger partial charge in [-0.15, -0.1) is 5.10 Å². The molecule has 4 rings (SSSR count). The van der Waals surface area contributed by atoms with Crippen LogP contribution in [0.25, 0.3) is 17.1 Å². The van der Waals surface area contributed by atoms with Crippen LogP contribution in [0.1, 0.15) is 23.1 Å². The van der Waals surface area contributed by atoms with Crippen LogP contribution in [-0.4, -0.2) is 34.0 Å². The Morgan fingerprint density at radius 3 is 2.54 bits per heavy atom. The number of aromatic nitrogens is 3. The second kappa shape index (κ2) is 12.0. The molecule has 0 atom stereocenters. The number of halogens is 7. The first-order valence-corrected chi connectivity index (χ1v) is 12.1. The van der Waals surface area contributed by atoms with Crippen LogP contribution in [0.3, 0.4) is 0 Å². The van der Waals surface area contributed by atoms with Crippen LogP contribution in [0, 0.1) is 5.82 Å². The molecule has 0 aliphatic heterocycles. The molecule has 41 heavy (non-hydrogen) atoms. The summed E-state index contributed by atoms with van der Waals surface area (Å²) in [4.78, 5) is 26.4. The number of carbonyl (C=O) groups excluding carboxylic acids is 1. The number of alkyl halides is 5. The lowest BCUT2D eigenvalue weighted by atomic mass is 10.1. The summed E-state index contributed by atoms with van der Waals surface area (Å²) in [6, 6.07) is 12.1. The summed E-state index contributed by atoms with van der Waals surface area (Å²) in [5.74, 6) is -2.78. The Bertz CT molecular complexity index is 1640. The summed E-state index contributed by atoms with van der Waals surface area (Å²) in [5.41, 5.74) is 0.213. The predicted octanol–water partition coefficient (Wildman–Crippen LogP) is 5.76. The zero-order valence-electron chi connectivity index (χ0n) is 21.0. The van der Waals surface area contributed by atoms with Crippen molar-refractivity contribution in [3.05, 3.63) is 92.6 Å². The van der Waals surface area contributed by atoms with E-state index in [0.29, 0.717) is 11.3 Å². The highest BCUT2D eigenvalue weighted by Crippen LogP contribution is 2.29. The van der Waals surface area contributed by atoms with Crippen molar-refractivity contribution in [2.24, 2.45) is 0 Å². The molecule has 0 saturated carbocycles. The molecule has 0 fully saturated rings. The molecule has 0 aliphatic rings. The number of benzene rings is 3. The van der Waals surface area contributed by atoms with Crippen LogP contribution in [-0.2, 0) is 17.9 Å². The van der Waals surface area contributed by atoms with Crippen molar-refractivity contribution in [2.75, 3.05) is 12.4 Å². The molecule has 0 aliphatic carbocycles. The molecular formula is C26H20ClF6N5O3. The molecule has 0 saturated heterocycles. The molecule has 8 nitrogen and oxygen atoms in total. The maximum Gasteiger partial charge on any atom is 0.471 e. The summed E-state index contributed by atoms with van der Waals surface area (Å²) >= 11 is 6.24. The molecular weight excluding hydrogens is 580 g/mol. The largest absolute Gasteiger partial charge is 0.496 e. The Kier molecular flexibility index (Phi) is 8.61. The quantitative estimate of drug-likeness (QED) is 0.213. The van der Waals surface area contributed by atoms with Gasteiger partial charge < -0.3 is 15.4 Å². The maximum absolute atomic E-state index is 13.6. The number of hydrogen-bond acceptors (Lipinski definition) is 5. The van der Waals surface area contributed by atoms with Gasteiger partial charge in [-0.05, 0) is 42.0 Å². The van der Waals surface area contributed by atoms with E-state index in [2.05, 4.69) is 15.4 Å². The molecule has 1 amide bonds. The molecule has 1 heterocycles. The molecule has 216 valence electrons. The van der Waals surface area contributed by atoms with Crippen molar-refractivity contribution in [1.82, 2.24) is 20.1 Å². The van der Waals surface area contributed by atoms with Crippen molar-refractivity contribution < 1.29 is 35.9 Å². The van der Waals surface area contributed by atoms with Gasteiger partial charge in [0, 0.05) is 36.0 Å². The summed E-state index contributed by atoms with van der Waals surface area (Å²) in [6.07, 6.45) is -8.01. The number of aromatic amines is 1. The summed E-state index contributed by atoms with van der Waals surface area (Å²) < 4.78 is 83.4. The van der Waals surface area contributed by atoms with Gasteiger partial charge in [0.25, 0.3) is 6.43 Å². The van der Waals surface area contributed by atoms with Crippen molar-refractivity contribution in [3.63, 3.8) is 0 Å². The van der Waals surface area contributed by atoms with E-state index >= 15 is 0 Å². The van der Waals surface area contributed by atoms with Gasteiger partial charge in [-0.25, -0.2) is 18.0 Å². The van der Waals surface area contributed by atoms with Gasteiger partial charge in [0.15, 0.2) is 5.82 Å². The van der Waals surface area contributed by atoms with E-state index in [1.165, 1.54) is 37.4 Å². The van der Waals surface area contributed by atoms with Crippen molar-refractivity contribution in [2.45, 2.75) is 25.7 Å². The number of carbonyl (C=O) groups is 1. The fourth-order valence-electron chi connectivity index (χ4n) is 3.80. The summed E-state index contributed by atoms with van der Waals surface area (Å²) in [6.45, 7) is -0.326. The monoisotopic (exact) mass is 599 g/mol. The van der Waals surface area contributed by atoms with Crippen LogP contribution in [0.2, 0.25) is 5.02 Å². The predicted molar refractivity (Wildman–Crippen MR) is 138 cm³/mol. The standard InChI is InChI=1S/C26H20ClF6N5O3/c1-41-21-10-16(5-3-14(21)12-34-15-4-7-20(28)18(9-15)22(29)30)38-25(40)36-23(37-38)17-8-13(2-6-19(17)27)11-35-24(39)26(31,32)33/h2-10,22,34H,11-12H2,1H3,(H,35,39)(H,36,37,40). The fourth-order valence-corrected chi connectivity index (χ4v) is 4.00. The highest BCUT2D eigenvalue weighted by molar-refractivity contribution is 6.33. The van der Waals surface area contributed by atoms with Crippen LogP contribution < -0.4 is 21.1 Å². The second-order valence-electron chi connectivity index (χ2n) is 8.57. The van der Waals surface area contributed by atoms with E-state index in [4.69, 9.17) is 16.3 Å². The Hall–Kier alpha value is -4.46. The highest BCUT2D eigenvalue weighted by atomic mass is 35.5. The van der Waals surface area contributed by atoms with Crippen LogP contribution in [0.4, 0.5) is 32.0 Å². The number of ether oxygens (including phenoxy) is 1. The lowest BCUT2D eigenvalue weighted by Gasteiger charge is -2.13. The Balaban J connectivity index is 1.55. The minimum absolute atomic E-state index is 0.0138. The number of anilines is 1. The van der Waals surface area contributed by atoms with E-state index < -0.39 is 42.1 Å². The number of rotatable bonds is 9. The number of amides is 1. The smallest absolute Gasteiger partial charge is 0.471 e. The lowest BCUT2D eigenvalue weighted by Crippen LogP contribution is -2.36. The average Bonchev–Trinajstić information content (AvgIpc) is 3.32. The molecule has 0 bridgehead atoms. The van der Waals surface area contributed by atoms with E-state index in [9.17, 15) is 35.9 Å². The Labute approximate surface area is 232 Å². The highest BCUT2D eigenvalue weighted by Gasteiger charge is 2.38. The zero-order valence-corrected chi connectivity index (χ0v) is 21.7. The third-order valence-electron chi connectivity index (χ3n) is 5.84. The van der Waals surface area contributed by atoms with Gasteiger partial charge in [-0.3, -0.25) is 9.78 Å². The molecule has 1 aromatic heterocycles. The molecule has 0 spiro atoms. The van der Waals surface area contributed by atoms with E-state index in [1.807, 2.05) is 0 Å². The van der Waals surface area contributed by atoms with E-state index in [-0.39, 0.29) is 39.9 Å². The Morgan fingerprint density at radius 1 is 1.10 bits per heavy atom. The Morgan fingerprint density at radius 2 is 1.85 bits per heavy atom. The van der Waals surface area contributed by atoms with Gasteiger partial charge in [0.05, 0.1) is 23.4 Å². The first-order valence-electron chi connectivity index (χ1n) is 11.7. The first-order chi connectivity index (χ1) is 19.4. The zero-order chi connectivity index (χ0) is 29.9. The fraction of sp³-hybridized carbons (Fsp3) is 0.192. The van der Waals surface area contributed by atoms with E-state index in [0.717, 1.165) is 16.8 Å². The number of methoxy groups -OCH3 is 1. The third-order valence-corrected chi connectivity index (χ3v) is 6.17. The lowest BCUT2D eigenvalue weighted by molar-refractivity contribution is -0.173. The first kappa shape index (κ1) is 29.5. The molecule has 4 aromatic rings. The van der Waals surface area contributed by atoms with Crippen molar-refractivity contribution >= 4 is 23.2 Å². The molecule has 0 radical (unpaired) electrons. The summed E-state index contributed by atoms with van der Waals surface area (Å²) in [5, 5.41) is 9.06. The topological polar surface area (TPSA) is 101 Å². The summed E-state index contributed by atoms with van der Waals surface area (Å²) in [7, 11) is 1.39. The van der Waals surface area contributed by atoms with Crippen molar-refractivity contribution in [3.8, 4) is 22.8 Å². The molecule has 3 aromatic carbocycles. The van der Waals surface area contributed by atoms with Crippen molar-refractivity contribution in [1.29, 1.82) is 0 Å². The molecule has 3 N–H and O–H groups in total. The number of H-pyrrole nitrogens is 1. The van der Waals surface area contributed by atoms with Gasteiger partial charge in [0.1, 0.15) is 11.6 Å². The van der Waals surface area contributed by atoms with Gasteiger partial charge in [-0.1, -0.05) is 23.7 Å². The molecule has 0 unspecified atom stereocenters. The van der Waals surface area contributed by atoms with Gasteiger partial charge in [0.2, 0.25) is 0 Å². The molecule has 15 heteroatoms. The minimum Gasteiger partial charge on any atom is -0.496 e. The van der Waals surface area contributed by atoms with Crippen LogP contribution >= 0.6 is 11.6 Å². The maximum atomic E-state index is 13.6. The van der Waals surface area contributed by atoms with Crippen LogP contribution in [0.5, 0.6) is 5.75 Å². The SMILES string of the molecule is COc1cc(-n2nc(-c3cc(CNC(=O)C(F)(F)F)ccc3Cl)[nH]c2=O)ccc1CNc1ccc(F)c(C(F)F)c1. The van der Waals surface area contributed by atoms with E-state index in [1.54, 1.807) is 17.4 Å². The third kappa shape index (κ3) is 6.82. The van der Waals surface area contributed by atoms with Gasteiger partial charge in [-0.2, -0.15) is 17.9 Å². The minimum atomic E-state index is -5.04. The van der Waals surface area contributed by atoms with Gasteiger partial charge >= 0.3 is 17.8 Å². The number of nitrogens with one attached hydrogen (secondary N) is 3. The van der Waals surface area contributed by atoms with Crippen LogP contribution in [0.15, 0.2) is 59.4 Å². The normalized spacial score (nSPS) is 11.5. The number of nitrogens with zero attached hydrogens (tertiary/aromatic N) is 2. The average molecular weight is 600 g/mol.